The first-order valence-corrected chi connectivity index (χ1v) is 24.4. The molecular formula is C50H75F3N2O11. The molecule has 1 aromatic rings. The van der Waals surface area contributed by atoms with Crippen molar-refractivity contribution in [3.05, 3.63) is 42.0 Å². The third-order valence-corrected chi connectivity index (χ3v) is 16.2. The smallest absolute Gasteiger partial charge is 0.418 e. The third-order valence-electron chi connectivity index (χ3n) is 16.2. The maximum absolute atomic E-state index is 14.7. The molecule has 4 saturated heterocycles. The quantitative estimate of drug-likeness (QED) is 0.112. The number of rotatable bonds is 14. The molecule has 16 heteroatoms. The topological polar surface area (TPSA) is 182 Å². The number of aliphatic hydroxyl groups is 2. The largest absolute Gasteiger partial charge is 0.481 e. The van der Waals surface area contributed by atoms with Crippen molar-refractivity contribution in [1.29, 1.82) is 0 Å². The van der Waals surface area contributed by atoms with Crippen LogP contribution in [0.25, 0.3) is 0 Å². The predicted molar refractivity (Wildman–Crippen MR) is 240 cm³/mol. The number of para-hydroxylation sites is 1. The molecule has 13 nitrogen and oxygen atoms in total. The van der Waals surface area contributed by atoms with E-state index >= 15 is 0 Å². The van der Waals surface area contributed by atoms with E-state index in [1.54, 1.807) is 19.1 Å². The van der Waals surface area contributed by atoms with Crippen LogP contribution in [0, 0.1) is 41.4 Å². The first-order valence-electron chi connectivity index (χ1n) is 24.4. The number of hydrogen-bond donors (Lipinski definition) is 5. The van der Waals surface area contributed by atoms with Crippen LogP contribution in [0.3, 0.4) is 0 Å². The Kier molecular flexibility index (Phi) is 15.9. The molecule has 5 aliphatic heterocycles. The molecule has 18 atom stereocenters. The molecule has 6 rings (SSSR count). The number of anilines is 1. The molecule has 1 aromatic carbocycles. The van der Waals surface area contributed by atoms with Gasteiger partial charge in [0.25, 0.3) is 0 Å². The van der Waals surface area contributed by atoms with Gasteiger partial charge in [0, 0.05) is 30.1 Å². The van der Waals surface area contributed by atoms with Gasteiger partial charge < -0.3 is 49.6 Å². The van der Waals surface area contributed by atoms with Crippen molar-refractivity contribution in [2.45, 2.75) is 205 Å². The zero-order valence-corrected chi connectivity index (χ0v) is 40.4. The molecule has 0 saturated carbocycles. The Morgan fingerprint density at radius 1 is 0.894 bits per heavy atom. The zero-order valence-electron chi connectivity index (χ0n) is 40.4. The Bertz CT molecular complexity index is 1920. The first-order chi connectivity index (χ1) is 30.9. The Labute approximate surface area is 388 Å². The number of ketones is 1. The minimum Gasteiger partial charge on any atom is -0.481 e. The number of nitrogens with one attached hydrogen (secondary N) is 2. The number of ether oxygens (including phenoxy) is 5. The van der Waals surface area contributed by atoms with Crippen LogP contribution in [0.4, 0.5) is 23.7 Å². The number of Topliss-reactive ketones (excluding diaryl/α,β-unsaturated/α-hetero) is 1. The van der Waals surface area contributed by atoms with Crippen molar-refractivity contribution >= 4 is 23.5 Å². The summed E-state index contributed by atoms with van der Waals surface area (Å²) >= 11 is 0. The van der Waals surface area contributed by atoms with E-state index in [-0.39, 0.29) is 30.0 Å². The summed E-state index contributed by atoms with van der Waals surface area (Å²) in [7, 11) is 0. The first kappa shape index (κ1) is 52.3. The summed E-state index contributed by atoms with van der Waals surface area (Å²) in [5.41, 5.74) is -3.41. The van der Waals surface area contributed by atoms with E-state index in [0.717, 1.165) is 12.5 Å². The van der Waals surface area contributed by atoms with E-state index in [1.807, 2.05) is 62.3 Å². The van der Waals surface area contributed by atoms with E-state index in [0.29, 0.717) is 51.4 Å². The fourth-order valence-electron chi connectivity index (χ4n) is 11.8. The fraction of sp³-hybridized carbons (Fsp3) is 0.780. The van der Waals surface area contributed by atoms with Gasteiger partial charge in [0.1, 0.15) is 11.8 Å². The molecular weight excluding hydrogens is 862 g/mol. The summed E-state index contributed by atoms with van der Waals surface area (Å²) in [5, 5.41) is 38.2. The van der Waals surface area contributed by atoms with Crippen molar-refractivity contribution in [2.75, 3.05) is 5.32 Å². The summed E-state index contributed by atoms with van der Waals surface area (Å²) in [6.45, 7) is 19.0. The summed E-state index contributed by atoms with van der Waals surface area (Å²) in [6.07, 6.45) is -0.127. The number of carboxylic acids is 1. The van der Waals surface area contributed by atoms with Crippen LogP contribution in [0.1, 0.15) is 139 Å². The summed E-state index contributed by atoms with van der Waals surface area (Å²) < 4.78 is 76.1. The molecule has 2 spiro atoms. The Morgan fingerprint density at radius 3 is 2.20 bits per heavy atom. The van der Waals surface area contributed by atoms with Gasteiger partial charge in [-0.3, -0.25) is 9.59 Å². The van der Waals surface area contributed by atoms with Crippen LogP contribution in [0.15, 0.2) is 36.4 Å². The number of urea groups is 1. The molecule has 0 aromatic heterocycles. The number of benzene rings is 1. The molecule has 66 heavy (non-hydrogen) atoms. The molecule has 0 aliphatic carbocycles. The van der Waals surface area contributed by atoms with Crippen molar-refractivity contribution < 1.29 is 66.6 Å². The van der Waals surface area contributed by atoms with E-state index in [9.17, 15) is 42.9 Å². The molecule has 5 heterocycles. The second kappa shape index (κ2) is 20.1. The molecule has 5 aliphatic rings. The highest BCUT2D eigenvalue weighted by atomic mass is 19.4. The molecule has 2 amide bonds. The number of aliphatic carboxylic acids is 1. The normalized spacial score (nSPS) is 39.5. The van der Waals surface area contributed by atoms with E-state index in [4.69, 9.17) is 23.7 Å². The van der Waals surface area contributed by atoms with Gasteiger partial charge in [-0.05, 0) is 102 Å². The van der Waals surface area contributed by atoms with E-state index in [2.05, 4.69) is 10.6 Å². The highest BCUT2D eigenvalue weighted by Gasteiger charge is 2.63. The van der Waals surface area contributed by atoms with Crippen LogP contribution in [-0.2, 0) is 39.4 Å². The van der Waals surface area contributed by atoms with Crippen molar-refractivity contribution in [3.8, 4) is 0 Å². The lowest BCUT2D eigenvalue weighted by Crippen LogP contribution is -2.66. The minimum absolute atomic E-state index is 0.0412. The zero-order chi connectivity index (χ0) is 48.7. The van der Waals surface area contributed by atoms with Gasteiger partial charge in [-0.25, -0.2) is 4.79 Å². The highest BCUT2D eigenvalue weighted by molar-refractivity contribution is 5.90. The maximum atomic E-state index is 14.7. The van der Waals surface area contributed by atoms with Crippen LogP contribution in [0.2, 0.25) is 0 Å². The van der Waals surface area contributed by atoms with Gasteiger partial charge in [0.2, 0.25) is 0 Å². The Hall–Kier alpha value is -3.12. The van der Waals surface area contributed by atoms with Gasteiger partial charge >= 0.3 is 18.2 Å². The van der Waals surface area contributed by atoms with Crippen LogP contribution in [0.5, 0.6) is 0 Å². The molecule has 0 radical (unpaired) electrons. The van der Waals surface area contributed by atoms with E-state index < -0.39 is 119 Å². The fourth-order valence-corrected chi connectivity index (χ4v) is 11.8. The number of carboxylic acid groups (broad SMARTS) is 1. The average Bonchev–Trinajstić information content (AvgIpc) is 3.61. The third kappa shape index (κ3) is 10.3. The number of hydrogen-bond acceptors (Lipinski definition) is 10. The monoisotopic (exact) mass is 937 g/mol. The highest BCUT2D eigenvalue weighted by Crippen LogP contribution is 2.54. The lowest BCUT2D eigenvalue weighted by molar-refractivity contribution is -0.397. The van der Waals surface area contributed by atoms with Gasteiger partial charge in [0.15, 0.2) is 11.6 Å². The molecule has 0 unspecified atom stereocenters. The second-order valence-electron chi connectivity index (χ2n) is 20.6. The number of carbonyl (C=O) groups excluding carboxylic acids is 2. The number of halogens is 3. The molecule has 5 N–H and O–H groups in total. The number of alkyl halides is 3. The van der Waals surface area contributed by atoms with Crippen LogP contribution >= 0.6 is 0 Å². The number of aliphatic hydroxyl groups excluding tert-OH is 1. The van der Waals surface area contributed by atoms with Crippen molar-refractivity contribution in [1.82, 2.24) is 5.32 Å². The van der Waals surface area contributed by atoms with E-state index in [1.165, 1.54) is 18.2 Å². The van der Waals surface area contributed by atoms with Gasteiger partial charge in [-0.15, -0.1) is 0 Å². The summed E-state index contributed by atoms with van der Waals surface area (Å²) in [5.74, 6) is -7.17. The van der Waals surface area contributed by atoms with Crippen LogP contribution in [-0.4, -0.2) is 98.5 Å². The molecule has 0 bridgehead atoms. The minimum atomic E-state index is -4.72. The van der Waals surface area contributed by atoms with Gasteiger partial charge in [-0.2, -0.15) is 13.2 Å². The molecule has 4 fully saturated rings. The molecule has 372 valence electrons. The lowest BCUT2D eigenvalue weighted by atomic mass is 9.72. The Balaban J connectivity index is 1.27. The Morgan fingerprint density at radius 2 is 1.58 bits per heavy atom. The van der Waals surface area contributed by atoms with Gasteiger partial charge in [0.05, 0.1) is 65.0 Å². The summed E-state index contributed by atoms with van der Waals surface area (Å²) in [6, 6.07) is 2.79. The van der Waals surface area contributed by atoms with Crippen molar-refractivity contribution in [3.63, 3.8) is 0 Å². The summed E-state index contributed by atoms with van der Waals surface area (Å²) in [4.78, 5) is 40.4. The lowest BCUT2D eigenvalue weighted by Gasteiger charge is -2.55. The number of amides is 2. The van der Waals surface area contributed by atoms with Crippen molar-refractivity contribution in [2.24, 2.45) is 41.4 Å². The second-order valence-corrected chi connectivity index (χ2v) is 20.6. The number of carbonyl (C=O) groups is 3. The van der Waals surface area contributed by atoms with Crippen LogP contribution < -0.4 is 10.6 Å². The van der Waals surface area contributed by atoms with Gasteiger partial charge in [-0.1, -0.05) is 73.6 Å². The maximum Gasteiger partial charge on any atom is 0.418 e. The average molecular weight is 937 g/mol. The standard InChI is InChI=1S/C50H75F3N2O11/c1-11-33(44(58)59)37-19-18-27(4)42(63-37)31(8)40(56)30(7)41(57)34(12-2)43-28(5)26-29(6)48(64-43)23-20-38(55-45(60)54-36-17-15-14-16-35(36)50(51,52)53)49(66-48)25-24-46(10,65-49)39-21-22-47(61,13-3)32(9)62-39/h14-17,20,23,27-34,37-40,42-43,56,61H,11-13,18-19,21-22,24-26H2,1-10H3,(H,58,59)(H2,54,55,60)/t27-,28-,29+,30-,31-,32-,33+,34-,37+,38+,39+,40+,42+,43-,46-,47+,48-,49-/m0/s1. The SMILES string of the molecule is CC[C@@H](C(=O)[C@@H](C)[C@@H](O)[C@H](C)[C@@H]1O[C@@H]([C@@H](CC)C(=O)O)CC[C@@H]1C)[C@H]1O[C@]2(C=C[C@@H](NC(=O)Nc3ccccc3C(F)(F)F)[C@]3(CC[C@@](C)([C@H]4CC[C@](O)(CC)[C@H](C)O4)O3)O2)[C@H](C)C[C@@H]1C. The predicted octanol–water partition coefficient (Wildman–Crippen LogP) is 9.04.